The topological polar surface area (TPSA) is 106 Å². The van der Waals surface area contributed by atoms with E-state index in [9.17, 15) is 14.7 Å². The van der Waals surface area contributed by atoms with Gasteiger partial charge in [0.05, 0.1) is 13.2 Å². The van der Waals surface area contributed by atoms with Crippen LogP contribution in [0, 0.1) is 0 Å². The van der Waals surface area contributed by atoms with E-state index < -0.39 is 12.1 Å². The van der Waals surface area contributed by atoms with Gasteiger partial charge in [0.15, 0.2) is 17.3 Å². The summed E-state index contributed by atoms with van der Waals surface area (Å²) in [6, 6.07) is 12.2. The zero-order valence-corrected chi connectivity index (χ0v) is 22.1. The van der Waals surface area contributed by atoms with Crippen molar-refractivity contribution < 1.29 is 28.9 Å². The van der Waals surface area contributed by atoms with Gasteiger partial charge in [0.1, 0.15) is 25.1 Å². The van der Waals surface area contributed by atoms with E-state index in [4.69, 9.17) is 14.2 Å². The summed E-state index contributed by atoms with van der Waals surface area (Å²) < 4.78 is 16.4. The van der Waals surface area contributed by atoms with Crippen molar-refractivity contribution >= 4 is 11.7 Å². The number of nitrogens with one attached hydrogen (secondary N) is 2. The van der Waals surface area contributed by atoms with E-state index in [0.717, 1.165) is 25.0 Å². The largest absolute Gasteiger partial charge is 0.497 e. The van der Waals surface area contributed by atoms with Crippen LogP contribution in [-0.2, 0) is 4.79 Å². The van der Waals surface area contributed by atoms with Gasteiger partial charge in [-0.2, -0.15) is 0 Å². The third-order valence-electron chi connectivity index (χ3n) is 6.65. The number of Topliss-reactive ketones (excluding diaryl/α,β-unsaturated/α-hetero) is 1. The lowest BCUT2D eigenvalue weighted by Crippen LogP contribution is -2.47. The Labute approximate surface area is 219 Å². The zero-order chi connectivity index (χ0) is 26.6. The number of hydrogen-bond acceptors (Lipinski definition) is 7. The Morgan fingerprint density at radius 1 is 1.00 bits per heavy atom. The molecule has 0 saturated carbocycles. The molecule has 0 radical (unpaired) electrons. The molecule has 3 N–H and O–H groups in total. The Kier molecular flexibility index (Phi) is 11.2. The highest BCUT2D eigenvalue weighted by Gasteiger charge is 2.25. The fourth-order valence-electron chi connectivity index (χ4n) is 4.14. The van der Waals surface area contributed by atoms with E-state index in [0.29, 0.717) is 61.6 Å². The van der Waals surface area contributed by atoms with Crippen LogP contribution >= 0.6 is 0 Å². The van der Waals surface area contributed by atoms with Crippen molar-refractivity contribution in [2.45, 2.75) is 70.6 Å². The van der Waals surface area contributed by atoms with Crippen molar-refractivity contribution in [1.29, 1.82) is 0 Å². The van der Waals surface area contributed by atoms with Crippen LogP contribution in [0.5, 0.6) is 17.2 Å². The van der Waals surface area contributed by atoms with E-state index in [-0.39, 0.29) is 17.7 Å². The van der Waals surface area contributed by atoms with E-state index in [1.54, 1.807) is 49.6 Å². The molecule has 8 heteroatoms. The van der Waals surface area contributed by atoms with Gasteiger partial charge in [0, 0.05) is 31.0 Å². The minimum absolute atomic E-state index is 0.0887. The molecule has 202 valence electrons. The number of benzene rings is 2. The fourth-order valence-corrected chi connectivity index (χ4v) is 4.14. The van der Waals surface area contributed by atoms with E-state index >= 15 is 0 Å². The van der Waals surface area contributed by atoms with Crippen molar-refractivity contribution in [3.63, 3.8) is 0 Å². The zero-order valence-electron chi connectivity index (χ0n) is 22.1. The van der Waals surface area contributed by atoms with Crippen molar-refractivity contribution in [1.82, 2.24) is 10.6 Å². The molecule has 3 rings (SSSR count). The Morgan fingerprint density at radius 3 is 2.41 bits per heavy atom. The normalized spacial score (nSPS) is 14.9. The molecule has 2 aromatic rings. The summed E-state index contributed by atoms with van der Waals surface area (Å²) in [6.45, 7) is 5.56. The number of ketones is 1. The summed E-state index contributed by atoms with van der Waals surface area (Å²) in [6.07, 6.45) is 2.98. The van der Waals surface area contributed by atoms with Crippen LogP contribution < -0.4 is 24.8 Å². The number of methoxy groups -OCH3 is 1. The number of hydrogen-bond donors (Lipinski definition) is 3. The molecule has 0 aromatic heterocycles. The van der Waals surface area contributed by atoms with Gasteiger partial charge in [0.2, 0.25) is 5.91 Å². The minimum atomic E-state index is -0.904. The Hall–Kier alpha value is -3.10. The summed E-state index contributed by atoms with van der Waals surface area (Å²) >= 11 is 0. The second kappa shape index (κ2) is 14.6. The standard InChI is InChI=1S/C29H40N2O6/c1-4-20(2)30-19-24(29(34)22-12-15-26-27(18-22)37-17-16-36-26)31-28(33)9-7-5-6-8-25(32)21-10-13-23(35-3)14-11-21/h10-15,18,20,24,29-30,34H,4-9,16-17,19H2,1-3H3,(H,31,33)/t20?,24-,29-/m1/s1. The van der Waals surface area contributed by atoms with Gasteiger partial charge in [-0.15, -0.1) is 0 Å². The highest BCUT2D eigenvalue weighted by atomic mass is 16.6. The fraction of sp³-hybridized carbons (Fsp3) is 0.517. The summed E-state index contributed by atoms with van der Waals surface area (Å²) in [5.41, 5.74) is 1.33. The number of carbonyl (C=O) groups excluding carboxylic acids is 2. The van der Waals surface area contributed by atoms with Crippen LogP contribution in [0.15, 0.2) is 42.5 Å². The smallest absolute Gasteiger partial charge is 0.220 e. The third-order valence-corrected chi connectivity index (χ3v) is 6.65. The van der Waals surface area contributed by atoms with Gasteiger partial charge < -0.3 is 30.0 Å². The number of amides is 1. The number of aliphatic hydroxyl groups is 1. The molecule has 2 aromatic carbocycles. The average Bonchev–Trinajstić information content (AvgIpc) is 2.94. The maximum Gasteiger partial charge on any atom is 0.220 e. The lowest BCUT2D eigenvalue weighted by molar-refractivity contribution is -0.122. The SMILES string of the molecule is CCC(C)NC[C@@H](NC(=O)CCCCCC(=O)c1ccc(OC)cc1)[C@H](O)c1ccc2c(c1)OCCO2. The van der Waals surface area contributed by atoms with Crippen LogP contribution in [-0.4, -0.2) is 55.7 Å². The summed E-state index contributed by atoms with van der Waals surface area (Å²) in [5, 5.41) is 17.5. The molecular formula is C29H40N2O6. The van der Waals surface area contributed by atoms with Crippen molar-refractivity contribution in [3.05, 3.63) is 53.6 Å². The number of unbranched alkanes of at least 4 members (excludes halogenated alkanes) is 2. The first-order valence-corrected chi connectivity index (χ1v) is 13.2. The van der Waals surface area contributed by atoms with Gasteiger partial charge in [-0.3, -0.25) is 9.59 Å². The van der Waals surface area contributed by atoms with Crippen molar-refractivity contribution in [2.24, 2.45) is 0 Å². The van der Waals surface area contributed by atoms with Gasteiger partial charge in [-0.25, -0.2) is 0 Å². The highest BCUT2D eigenvalue weighted by molar-refractivity contribution is 5.96. The van der Waals surface area contributed by atoms with Gasteiger partial charge in [-0.1, -0.05) is 19.4 Å². The highest BCUT2D eigenvalue weighted by Crippen LogP contribution is 2.33. The van der Waals surface area contributed by atoms with Crippen molar-refractivity contribution in [3.8, 4) is 17.2 Å². The van der Waals surface area contributed by atoms with Gasteiger partial charge in [0.25, 0.3) is 0 Å². The molecule has 1 aliphatic rings. The number of rotatable bonds is 15. The predicted octanol–water partition coefficient (Wildman–Crippen LogP) is 4.21. The van der Waals surface area contributed by atoms with E-state index in [1.807, 2.05) is 0 Å². The van der Waals surface area contributed by atoms with Crippen LogP contribution in [0.1, 0.15) is 74.4 Å². The average molecular weight is 513 g/mol. The molecule has 0 bridgehead atoms. The second-order valence-corrected chi connectivity index (χ2v) is 9.45. The number of fused-ring (bicyclic) bond motifs is 1. The Balaban J connectivity index is 1.48. The quantitative estimate of drug-likeness (QED) is 0.243. The van der Waals surface area contributed by atoms with Gasteiger partial charge >= 0.3 is 0 Å². The third kappa shape index (κ3) is 8.76. The number of aliphatic hydroxyl groups excluding tert-OH is 1. The number of carbonyl (C=O) groups is 2. The molecule has 3 atom stereocenters. The molecule has 1 amide bonds. The summed E-state index contributed by atoms with van der Waals surface area (Å²) in [5.74, 6) is 1.96. The molecule has 8 nitrogen and oxygen atoms in total. The van der Waals surface area contributed by atoms with Crippen LogP contribution in [0.2, 0.25) is 0 Å². The van der Waals surface area contributed by atoms with Crippen LogP contribution in [0.25, 0.3) is 0 Å². The first-order valence-electron chi connectivity index (χ1n) is 13.2. The molecule has 1 heterocycles. The maximum absolute atomic E-state index is 12.7. The molecule has 0 fully saturated rings. The second-order valence-electron chi connectivity index (χ2n) is 9.45. The molecule has 1 aliphatic heterocycles. The Morgan fingerprint density at radius 2 is 1.70 bits per heavy atom. The van der Waals surface area contributed by atoms with E-state index in [2.05, 4.69) is 24.5 Å². The first-order chi connectivity index (χ1) is 17.9. The summed E-state index contributed by atoms with van der Waals surface area (Å²) in [7, 11) is 1.59. The predicted molar refractivity (Wildman–Crippen MR) is 142 cm³/mol. The lowest BCUT2D eigenvalue weighted by atomic mass is 10.00. The molecule has 1 unspecified atom stereocenters. The maximum atomic E-state index is 12.7. The summed E-state index contributed by atoms with van der Waals surface area (Å²) in [4.78, 5) is 25.1. The lowest BCUT2D eigenvalue weighted by Gasteiger charge is -2.27. The van der Waals surface area contributed by atoms with E-state index in [1.165, 1.54) is 0 Å². The van der Waals surface area contributed by atoms with Crippen molar-refractivity contribution in [2.75, 3.05) is 26.9 Å². The first kappa shape index (κ1) is 28.5. The molecule has 0 spiro atoms. The molecule has 37 heavy (non-hydrogen) atoms. The van der Waals surface area contributed by atoms with Crippen LogP contribution in [0.3, 0.4) is 0 Å². The minimum Gasteiger partial charge on any atom is -0.497 e. The number of ether oxygens (including phenoxy) is 3. The van der Waals surface area contributed by atoms with Gasteiger partial charge in [-0.05, 0) is 68.1 Å². The monoisotopic (exact) mass is 512 g/mol. The molecule has 0 saturated heterocycles. The molecular weight excluding hydrogens is 472 g/mol. The Bertz CT molecular complexity index is 1010. The van der Waals surface area contributed by atoms with Crippen LogP contribution in [0.4, 0.5) is 0 Å². The molecule has 0 aliphatic carbocycles.